The summed E-state index contributed by atoms with van der Waals surface area (Å²) in [7, 11) is 1.59. The van der Waals surface area contributed by atoms with Gasteiger partial charge >= 0.3 is 0 Å². The van der Waals surface area contributed by atoms with Crippen molar-refractivity contribution in [3.63, 3.8) is 0 Å². The zero-order chi connectivity index (χ0) is 14.1. The Labute approximate surface area is 109 Å². The predicted molar refractivity (Wildman–Crippen MR) is 77.4 cm³/mol. The monoisotopic (exact) mass is 249 g/mol. The van der Waals surface area contributed by atoms with Crippen molar-refractivity contribution in [2.45, 2.75) is 34.6 Å². The Morgan fingerprint density at radius 1 is 1.06 bits per heavy atom. The number of fused-ring (bicyclic) bond motifs is 1. The Balaban J connectivity index is 0.000000659. The summed E-state index contributed by atoms with van der Waals surface area (Å²) in [5, 5.41) is 10.3. The number of aryl methyl sites for hydroxylation is 1. The van der Waals surface area contributed by atoms with Crippen LogP contribution in [0.2, 0.25) is 0 Å². The molecule has 3 heteroatoms. The SMILES string of the molecule is CC.CC.COc1ccc2cc(O)cc(C)c2n1. The van der Waals surface area contributed by atoms with Gasteiger partial charge in [-0.3, -0.25) is 0 Å². The minimum absolute atomic E-state index is 0.266. The second-order valence-electron chi connectivity index (χ2n) is 3.19. The fourth-order valence-electron chi connectivity index (χ4n) is 1.49. The van der Waals surface area contributed by atoms with Gasteiger partial charge in [-0.25, -0.2) is 4.98 Å². The molecule has 3 nitrogen and oxygen atoms in total. The lowest BCUT2D eigenvalue weighted by Crippen LogP contribution is -1.89. The molecule has 0 spiro atoms. The Kier molecular flexibility index (Phi) is 7.52. The molecule has 0 atom stereocenters. The molecule has 0 aliphatic heterocycles. The number of phenolic OH excluding ortho intramolecular Hbond substituents is 1. The van der Waals surface area contributed by atoms with E-state index in [4.69, 9.17) is 4.74 Å². The van der Waals surface area contributed by atoms with Crippen molar-refractivity contribution in [2.24, 2.45) is 0 Å². The molecule has 100 valence electrons. The first-order valence-corrected chi connectivity index (χ1v) is 6.35. The number of hydrogen-bond acceptors (Lipinski definition) is 3. The molecule has 0 bridgehead atoms. The third kappa shape index (κ3) is 3.91. The Morgan fingerprint density at radius 2 is 1.67 bits per heavy atom. The van der Waals surface area contributed by atoms with E-state index in [1.54, 1.807) is 25.3 Å². The van der Waals surface area contributed by atoms with Gasteiger partial charge in [0.05, 0.1) is 12.6 Å². The number of methoxy groups -OCH3 is 1. The van der Waals surface area contributed by atoms with Gasteiger partial charge in [-0.15, -0.1) is 0 Å². The van der Waals surface area contributed by atoms with E-state index in [1.165, 1.54) is 0 Å². The van der Waals surface area contributed by atoms with Crippen molar-refractivity contribution in [3.05, 3.63) is 29.8 Å². The lowest BCUT2D eigenvalue weighted by molar-refractivity contribution is 0.399. The van der Waals surface area contributed by atoms with Crippen molar-refractivity contribution in [1.29, 1.82) is 0 Å². The van der Waals surface area contributed by atoms with Crippen molar-refractivity contribution in [2.75, 3.05) is 7.11 Å². The number of benzene rings is 1. The summed E-state index contributed by atoms with van der Waals surface area (Å²) < 4.78 is 5.03. The largest absolute Gasteiger partial charge is 0.508 e. The summed E-state index contributed by atoms with van der Waals surface area (Å²) in [5.41, 5.74) is 1.81. The van der Waals surface area contributed by atoms with Crippen molar-refractivity contribution in [3.8, 4) is 11.6 Å². The minimum atomic E-state index is 0.266. The van der Waals surface area contributed by atoms with Crippen molar-refractivity contribution >= 4 is 10.9 Å². The third-order valence-corrected chi connectivity index (χ3v) is 2.15. The van der Waals surface area contributed by atoms with Gasteiger partial charge in [-0.2, -0.15) is 0 Å². The van der Waals surface area contributed by atoms with E-state index in [-0.39, 0.29) is 5.75 Å². The number of ether oxygens (including phenoxy) is 1. The topological polar surface area (TPSA) is 42.4 Å². The van der Waals surface area contributed by atoms with Gasteiger partial charge in [0.25, 0.3) is 0 Å². The maximum Gasteiger partial charge on any atom is 0.213 e. The molecule has 0 unspecified atom stereocenters. The predicted octanol–water partition coefficient (Wildman–Crippen LogP) is 4.31. The quantitative estimate of drug-likeness (QED) is 0.818. The normalized spacial score (nSPS) is 8.78. The third-order valence-electron chi connectivity index (χ3n) is 2.15. The number of phenols is 1. The first kappa shape index (κ1) is 16.2. The van der Waals surface area contributed by atoms with Crippen LogP contribution in [-0.2, 0) is 0 Å². The van der Waals surface area contributed by atoms with E-state index >= 15 is 0 Å². The number of aromatic nitrogens is 1. The molecule has 0 radical (unpaired) electrons. The summed E-state index contributed by atoms with van der Waals surface area (Å²) >= 11 is 0. The summed E-state index contributed by atoms with van der Waals surface area (Å²) in [6, 6.07) is 7.04. The number of aromatic hydroxyl groups is 1. The summed E-state index contributed by atoms with van der Waals surface area (Å²) in [6.45, 7) is 9.91. The van der Waals surface area contributed by atoms with Crippen LogP contribution in [0.5, 0.6) is 11.6 Å². The Hall–Kier alpha value is -1.77. The molecule has 1 aromatic carbocycles. The molecule has 0 aliphatic rings. The average molecular weight is 249 g/mol. The lowest BCUT2D eigenvalue weighted by atomic mass is 10.1. The molecular formula is C15H23NO2. The first-order chi connectivity index (χ1) is 8.70. The van der Waals surface area contributed by atoms with Gasteiger partial charge in [-0.05, 0) is 30.7 Å². The van der Waals surface area contributed by atoms with Gasteiger partial charge in [0, 0.05) is 11.5 Å². The lowest BCUT2D eigenvalue weighted by Gasteiger charge is -2.04. The smallest absolute Gasteiger partial charge is 0.213 e. The Morgan fingerprint density at radius 3 is 2.22 bits per heavy atom. The molecule has 2 rings (SSSR count). The molecule has 1 N–H and O–H groups in total. The van der Waals surface area contributed by atoms with Crippen molar-refractivity contribution in [1.82, 2.24) is 4.98 Å². The fraction of sp³-hybridized carbons (Fsp3) is 0.400. The molecule has 2 aromatic rings. The number of rotatable bonds is 1. The molecule has 1 heterocycles. The summed E-state index contributed by atoms with van der Waals surface area (Å²) in [5.74, 6) is 0.855. The van der Waals surface area contributed by atoms with E-state index in [1.807, 2.05) is 40.7 Å². The van der Waals surface area contributed by atoms with Crippen LogP contribution in [0.1, 0.15) is 33.3 Å². The van der Waals surface area contributed by atoms with Crippen LogP contribution >= 0.6 is 0 Å². The second-order valence-corrected chi connectivity index (χ2v) is 3.19. The van der Waals surface area contributed by atoms with E-state index in [2.05, 4.69) is 4.98 Å². The van der Waals surface area contributed by atoms with Crippen molar-refractivity contribution < 1.29 is 9.84 Å². The standard InChI is InChI=1S/C11H11NO2.2C2H6/c1-7-5-9(13)6-8-3-4-10(14-2)12-11(7)8;2*1-2/h3-6,13H,1-2H3;2*1-2H3. The molecule has 0 saturated carbocycles. The van der Waals surface area contributed by atoms with Gasteiger partial charge < -0.3 is 9.84 Å². The van der Waals surface area contributed by atoms with Crippen LogP contribution < -0.4 is 4.74 Å². The molecule has 0 aliphatic carbocycles. The van der Waals surface area contributed by atoms with Gasteiger partial charge in [-0.1, -0.05) is 27.7 Å². The number of hydrogen-bond donors (Lipinski definition) is 1. The highest BCUT2D eigenvalue weighted by atomic mass is 16.5. The highest BCUT2D eigenvalue weighted by Gasteiger charge is 2.02. The molecule has 0 saturated heterocycles. The van der Waals surface area contributed by atoms with Crippen LogP contribution in [0.3, 0.4) is 0 Å². The second kappa shape index (κ2) is 8.34. The minimum Gasteiger partial charge on any atom is -0.508 e. The molecule has 0 amide bonds. The number of pyridine rings is 1. The molecular weight excluding hydrogens is 226 g/mol. The molecule has 0 fully saturated rings. The maximum absolute atomic E-state index is 9.38. The highest BCUT2D eigenvalue weighted by Crippen LogP contribution is 2.24. The zero-order valence-corrected chi connectivity index (χ0v) is 12.1. The maximum atomic E-state index is 9.38. The first-order valence-electron chi connectivity index (χ1n) is 6.35. The van der Waals surface area contributed by atoms with E-state index in [0.29, 0.717) is 5.88 Å². The van der Waals surface area contributed by atoms with Crippen LogP contribution in [0.15, 0.2) is 24.3 Å². The van der Waals surface area contributed by atoms with E-state index in [0.717, 1.165) is 16.5 Å². The van der Waals surface area contributed by atoms with Crippen LogP contribution in [0.4, 0.5) is 0 Å². The summed E-state index contributed by atoms with van der Waals surface area (Å²) in [6.07, 6.45) is 0. The van der Waals surface area contributed by atoms with Crippen LogP contribution in [0.25, 0.3) is 10.9 Å². The Bertz CT molecular complexity index is 481. The van der Waals surface area contributed by atoms with E-state index in [9.17, 15) is 5.11 Å². The van der Waals surface area contributed by atoms with Gasteiger partial charge in [0.15, 0.2) is 0 Å². The molecule has 18 heavy (non-hydrogen) atoms. The van der Waals surface area contributed by atoms with Gasteiger partial charge in [0.2, 0.25) is 5.88 Å². The summed E-state index contributed by atoms with van der Waals surface area (Å²) in [4.78, 5) is 4.30. The average Bonchev–Trinajstić information content (AvgIpc) is 2.43. The van der Waals surface area contributed by atoms with E-state index < -0.39 is 0 Å². The highest BCUT2D eigenvalue weighted by molar-refractivity contribution is 5.83. The van der Waals surface area contributed by atoms with Gasteiger partial charge in [0.1, 0.15) is 5.75 Å². The number of nitrogens with zero attached hydrogens (tertiary/aromatic N) is 1. The molecule has 1 aromatic heterocycles. The fourth-order valence-corrected chi connectivity index (χ4v) is 1.49. The van der Waals surface area contributed by atoms with Crippen LogP contribution in [-0.4, -0.2) is 17.2 Å². The zero-order valence-electron chi connectivity index (χ0n) is 12.1. The van der Waals surface area contributed by atoms with Crippen LogP contribution in [0, 0.1) is 6.92 Å².